The van der Waals surface area contributed by atoms with E-state index in [0.717, 1.165) is 12.0 Å². The van der Waals surface area contributed by atoms with Crippen LogP contribution in [0.5, 0.6) is 0 Å². The molecule has 1 heterocycles. The van der Waals surface area contributed by atoms with E-state index in [1.54, 1.807) is 6.07 Å². The van der Waals surface area contributed by atoms with Crippen LogP contribution in [-0.2, 0) is 6.42 Å². The topological polar surface area (TPSA) is 46.0 Å². The summed E-state index contributed by atoms with van der Waals surface area (Å²) < 4.78 is 5.03. The van der Waals surface area contributed by atoms with Crippen LogP contribution in [0.1, 0.15) is 12.5 Å². The van der Waals surface area contributed by atoms with Crippen LogP contribution in [0.25, 0.3) is 11.0 Å². The van der Waals surface area contributed by atoms with Crippen LogP contribution in [0.4, 0.5) is 0 Å². The molecule has 1 aromatic carbocycles. The lowest BCUT2D eigenvalue weighted by atomic mass is 10.1. The van der Waals surface area contributed by atoms with Crippen molar-refractivity contribution < 1.29 is 4.52 Å². The van der Waals surface area contributed by atoms with E-state index in [4.69, 9.17) is 4.52 Å². The third-order valence-electron chi connectivity index (χ3n) is 1.97. The van der Waals surface area contributed by atoms with E-state index in [2.05, 4.69) is 5.16 Å². The largest absolute Gasteiger partial charge is 0.378 e. The van der Waals surface area contributed by atoms with Gasteiger partial charge in [-0.1, -0.05) is 19.1 Å². The number of para-hydroxylation sites is 1. The summed E-state index contributed by atoms with van der Waals surface area (Å²) in [5.74, 6) is 0. The van der Waals surface area contributed by atoms with Crippen LogP contribution < -0.4 is 5.56 Å². The molecule has 3 nitrogen and oxygen atoms in total. The zero-order chi connectivity index (χ0) is 8.55. The molecule has 0 bridgehead atoms. The minimum Gasteiger partial charge on any atom is -0.378 e. The quantitative estimate of drug-likeness (QED) is 0.695. The van der Waals surface area contributed by atoms with E-state index in [1.165, 1.54) is 0 Å². The molecule has 2 aromatic rings. The highest BCUT2D eigenvalue weighted by atomic mass is 16.5. The van der Waals surface area contributed by atoms with Gasteiger partial charge in [0, 0.05) is 0 Å². The molecule has 1 N–H and O–H groups in total. The first kappa shape index (κ1) is 7.16. The van der Waals surface area contributed by atoms with E-state index in [1.807, 2.05) is 19.1 Å². The number of H-pyrrole nitrogens is 1. The van der Waals surface area contributed by atoms with E-state index in [0.29, 0.717) is 11.0 Å². The maximum Gasteiger partial charge on any atom is 0.287 e. The van der Waals surface area contributed by atoms with Crippen molar-refractivity contribution in [2.75, 3.05) is 0 Å². The zero-order valence-corrected chi connectivity index (χ0v) is 6.76. The molecule has 0 fully saturated rings. The van der Waals surface area contributed by atoms with Gasteiger partial charge >= 0.3 is 0 Å². The maximum atomic E-state index is 11.1. The monoisotopic (exact) mass is 163 g/mol. The fourth-order valence-electron chi connectivity index (χ4n) is 1.31. The lowest BCUT2D eigenvalue weighted by Gasteiger charge is -1.93. The van der Waals surface area contributed by atoms with Gasteiger partial charge < -0.3 is 4.52 Å². The molecule has 0 radical (unpaired) electrons. The van der Waals surface area contributed by atoms with E-state index in [-0.39, 0.29) is 5.56 Å². The van der Waals surface area contributed by atoms with Crippen LogP contribution in [-0.4, -0.2) is 5.16 Å². The summed E-state index contributed by atoms with van der Waals surface area (Å²) >= 11 is 0. The van der Waals surface area contributed by atoms with Crippen molar-refractivity contribution in [1.29, 1.82) is 0 Å². The van der Waals surface area contributed by atoms with Gasteiger partial charge in [0.05, 0.1) is 5.39 Å². The average Bonchev–Trinajstić information content (AvgIpc) is 2.48. The fourth-order valence-corrected chi connectivity index (χ4v) is 1.31. The predicted octanol–water partition coefficient (Wildman–Crippen LogP) is 1.68. The Hall–Kier alpha value is -1.51. The average molecular weight is 163 g/mol. The van der Waals surface area contributed by atoms with Crippen molar-refractivity contribution in [3.63, 3.8) is 0 Å². The highest BCUT2D eigenvalue weighted by Gasteiger charge is 2.05. The lowest BCUT2D eigenvalue weighted by Crippen LogP contribution is -1.96. The molecule has 0 aliphatic rings. The smallest absolute Gasteiger partial charge is 0.287 e. The first-order chi connectivity index (χ1) is 5.83. The van der Waals surface area contributed by atoms with Crippen LogP contribution in [0.3, 0.4) is 0 Å². The van der Waals surface area contributed by atoms with Gasteiger partial charge in [-0.25, -0.2) is 0 Å². The highest BCUT2D eigenvalue weighted by molar-refractivity contribution is 5.78. The molecule has 0 saturated carbocycles. The Morgan fingerprint density at radius 2 is 2.33 bits per heavy atom. The first-order valence-electron chi connectivity index (χ1n) is 3.92. The van der Waals surface area contributed by atoms with Crippen LogP contribution in [0.2, 0.25) is 0 Å². The third kappa shape index (κ3) is 0.863. The van der Waals surface area contributed by atoms with Crippen LogP contribution in [0, 0.1) is 0 Å². The van der Waals surface area contributed by atoms with E-state index >= 15 is 0 Å². The number of rotatable bonds is 1. The molecule has 0 spiro atoms. The second-order valence-electron chi connectivity index (χ2n) is 2.68. The number of aryl methyl sites for hydroxylation is 1. The Morgan fingerprint density at radius 3 is 3.08 bits per heavy atom. The van der Waals surface area contributed by atoms with Gasteiger partial charge in [0.15, 0.2) is 5.58 Å². The second-order valence-corrected chi connectivity index (χ2v) is 2.68. The first-order valence-corrected chi connectivity index (χ1v) is 3.92. The molecule has 0 atom stereocenters. The van der Waals surface area contributed by atoms with Crippen molar-refractivity contribution in [2.24, 2.45) is 0 Å². The predicted molar refractivity (Wildman–Crippen MR) is 46.2 cm³/mol. The summed E-state index contributed by atoms with van der Waals surface area (Å²) in [6.07, 6.45) is 0.873. The number of aromatic nitrogens is 1. The van der Waals surface area contributed by atoms with Gasteiger partial charge in [0.1, 0.15) is 0 Å². The lowest BCUT2D eigenvalue weighted by molar-refractivity contribution is 0.447. The SMILES string of the molecule is CCc1cccc2c(=O)[nH]oc12. The number of hydrogen-bond donors (Lipinski definition) is 1. The molecule has 0 unspecified atom stereocenters. The molecule has 62 valence electrons. The summed E-state index contributed by atoms with van der Waals surface area (Å²) in [6, 6.07) is 5.59. The normalized spacial score (nSPS) is 10.8. The molecule has 0 saturated heterocycles. The minimum atomic E-state index is -0.152. The number of aromatic amines is 1. The van der Waals surface area contributed by atoms with Gasteiger partial charge in [0.25, 0.3) is 5.56 Å². The van der Waals surface area contributed by atoms with Crippen molar-refractivity contribution in [1.82, 2.24) is 5.16 Å². The molecule has 0 amide bonds. The number of benzene rings is 1. The van der Waals surface area contributed by atoms with Gasteiger partial charge in [-0.3, -0.25) is 4.79 Å². The summed E-state index contributed by atoms with van der Waals surface area (Å²) in [6.45, 7) is 2.03. The second kappa shape index (κ2) is 2.52. The fraction of sp³-hybridized carbons (Fsp3) is 0.222. The minimum absolute atomic E-state index is 0.152. The van der Waals surface area contributed by atoms with Gasteiger partial charge in [-0.15, -0.1) is 0 Å². The maximum absolute atomic E-state index is 11.1. The highest BCUT2D eigenvalue weighted by Crippen LogP contribution is 2.14. The van der Waals surface area contributed by atoms with Crippen LogP contribution in [0.15, 0.2) is 27.5 Å². The van der Waals surface area contributed by atoms with Gasteiger partial charge in [0.2, 0.25) is 0 Å². The molecule has 12 heavy (non-hydrogen) atoms. The summed E-state index contributed by atoms with van der Waals surface area (Å²) in [4.78, 5) is 11.1. The van der Waals surface area contributed by atoms with Crippen LogP contribution >= 0.6 is 0 Å². The Kier molecular flexibility index (Phi) is 1.50. The molecular formula is C9H9NO2. The molecule has 2 rings (SSSR count). The molecule has 1 aromatic heterocycles. The van der Waals surface area contributed by atoms with E-state index < -0.39 is 0 Å². The third-order valence-corrected chi connectivity index (χ3v) is 1.97. The van der Waals surface area contributed by atoms with Gasteiger partial charge in [-0.2, -0.15) is 5.16 Å². The van der Waals surface area contributed by atoms with E-state index in [9.17, 15) is 4.79 Å². The van der Waals surface area contributed by atoms with Crippen molar-refractivity contribution in [2.45, 2.75) is 13.3 Å². The number of nitrogens with one attached hydrogen (secondary N) is 1. The molecule has 0 aliphatic heterocycles. The Morgan fingerprint density at radius 1 is 1.50 bits per heavy atom. The summed E-state index contributed by atoms with van der Waals surface area (Å²) in [7, 11) is 0. The van der Waals surface area contributed by atoms with Crippen molar-refractivity contribution in [3.8, 4) is 0 Å². The number of fused-ring (bicyclic) bond motifs is 1. The summed E-state index contributed by atoms with van der Waals surface area (Å²) in [5, 5.41) is 2.95. The summed E-state index contributed by atoms with van der Waals surface area (Å²) in [5.41, 5.74) is 1.59. The Bertz CT molecular complexity index is 453. The molecule has 0 aliphatic carbocycles. The van der Waals surface area contributed by atoms with Crippen molar-refractivity contribution in [3.05, 3.63) is 34.1 Å². The standard InChI is InChI=1S/C9H9NO2/c1-2-6-4-3-5-7-8(6)12-10-9(7)11/h3-5H,2H2,1H3,(H,10,11). The molecular weight excluding hydrogens is 154 g/mol. The Balaban J connectivity index is 2.90. The number of hydrogen-bond acceptors (Lipinski definition) is 2. The van der Waals surface area contributed by atoms with Gasteiger partial charge in [-0.05, 0) is 18.1 Å². The van der Waals surface area contributed by atoms with Crippen molar-refractivity contribution >= 4 is 11.0 Å². The zero-order valence-electron chi connectivity index (χ0n) is 6.76. The Labute approximate surface area is 69.0 Å². The molecule has 3 heteroatoms.